The van der Waals surface area contributed by atoms with Crippen molar-refractivity contribution in [3.63, 3.8) is 0 Å². The molecule has 106 valence electrons. The molecule has 3 unspecified atom stereocenters. The minimum absolute atomic E-state index is 0.00777. The van der Waals surface area contributed by atoms with E-state index in [0.717, 1.165) is 31.2 Å². The average molecular weight is 269 g/mol. The zero-order valence-corrected chi connectivity index (χ0v) is 12.2. The Labute approximate surface area is 121 Å². The molecule has 3 nitrogen and oxygen atoms in total. The van der Waals surface area contributed by atoms with Crippen LogP contribution in [0.4, 0.5) is 0 Å². The summed E-state index contributed by atoms with van der Waals surface area (Å²) < 4.78 is 0. The second-order valence-electron chi connectivity index (χ2n) is 6.19. The first kappa shape index (κ1) is 13.6. The van der Waals surface area contributed by atoms with E-state index in [1.165, 1.54) is 19.4 Å². The highest BCUT2D eigenvalue weighted by atomic mass is 15.3. The highest BCUT2D eigenvalue weighted by molar-refractivity contribution is 5.25. The van der Waals surface area contributed by atoms with Crippen LogP contribution in [-0.4, -0.2) is 48.1 Å². The molecule has 0 radical (unpaired) electrons. The third-order valence-electron chi connectivity index (χ3n) is 4.84. The van der Waals surface area contributed by atoms with Gasteiger partial charge < -0.3 is 0 Å². The molecule has 3 heteroatoms. The predicted octanol–water partition coefficient (Wildman–Crippen LogP) is 2.46. The second-order valence-corrected chi connectivity index (χ2v) is 6.19. The van der Waals surface area contributed by atoms with Crippen LogP contribution >= 0.6 is 0 Å². The summed E-state index contributed by atoms with van der Waals surface area (Å²) in [6, 6.07) is 14.0. The van der Waals surface area contributed by atoms with E-state index in [2.05, 4.69) is 34.9 Å². The van der Waals surface area contributed by atoms with Gasteiger partial charge in [0, 0.05) is 31.7 Å². The first-order chi connectivity index (χ1) is 9.78. The van der Waals surface area contributed by atoms with Gasteiger partial charge in [-0.3, -0.25) is 9.80 Å². The highest BCUT2D eigenvalue weighted by Gasteiger charge is 2.35. The lowest BCUT2D eigenvalue weighted by Crippen LogP contribution is -2.55. The molecule has 2 aliphatic rings. The van der Waals surface area contributed by atoms with Crippen molar-refractivity contribution in [2.45, 2.75) is 37.8 Å². The molecule has 2 fully saturated rings. The summed E-state index contributed by atoms with van der Waals surface area (Å²) in [5.74, 6) is -0.00777. The van der Waals surface area contributed by atoms with Gasteiger partial charge in [0.15, 0.2) is 0 Å². The van der Waals surface area contributed by atoms with Gasteiger partial charge in [-0.15, -0.1) is 0 Å². The molecule has 1 aromatic carbocycles. The first-order valence-corrected chi connectivity index (χ1v) is 7.70. The topological polar surface area (TPSA) is 30.3 Å². The van der Waals surface area contributed by atoms with Crippen molar-refractivity contribution in [1.82, 2.24) is 9.80 Å². The molecule has 0 spiro atoms. The lowest BCUT2D eigenvalue weighted by Gasteiger charge is -2.43. The van der Waals surface area contributed by atoms with Crippen LogP contribution in [0.2, 0.25) is 0 Å². The van der Waals surface area contributed by atoms with E-state index in [1.807, 2.05) is 18.2 Å². The summed E-state index contributed by atoms with van der Waals surface area (Å²) in [5.41, 5.74) is 1.15. The zero-order valence-electron chi connectivity index (χ0n) is 12.2. The van der Waals surface area contributed by atoms with Gasteiger partial charge in [-0.25, -0.2) is 0 Å². The van der Waals surface area contributed by atoms with E-state index in [-0.39, 0.29) is 5.92 Å². The van der Waals surface area contributed by atoms with Crippen molar-refractivity contribution in [2.75, 3.05) is 26.2 Å². The Kier molecular flexibility index (Phi) is 4.05. The summed E-state index contributed by atoms with van der Waals surface area (Å²) in [7, 11) is 0. The maximum Gasteiger partial charge on any atom is 0.0839 e. The summed E-state index contributed by atoms with van der Waals surface area (Å²) in [4.78, 5) is 5.15. The molecule has 1 aromatic rings. The van der Waals surface area contributed by atoms with Gasteiger partial charge in [0.25, 0.3) is 0 Å². The van der Waals surface area contributed by atoms with Crippen molar-refractivity contribution in [3.05, 3.63) is 35.9 Å². The van der Waals surface area contributed by atoms with Gasteiger partial charge in [-0.05, 0) is 31.9 Å². The lowest BCUT2D eigenvalue weighted by atomic mass is 9.98. The summed E-state index contributed by atoms with van der Waals surface area (Å²) in [6.45, 7) is 6.73. The van der Waals surface area contributed by atoms with Gasteiger partial charge in [0.1, 0.15) is 0 Å². The molecule has 2 heterocycles. The van der Waals surface area contributed by atoms with Crippen LogP contribution < -0.4 is 0 Å². The van der Waals surface area contributed by atoms with Crippen LogP contribution in [0.5, 0.6) is 0 Å². The third-order valence-corrected chi connectivity index (χ3v) is 4.84. The largest absolute Gasteiger partial charge is 0.298 e. The molecule has 0 amide bonds. The van der Waals surface area contributed by atoms with Crippen LogP contribution in [0.3, 0.4) is 0 Å². The van der Waals surface area contributed by atoms with E-state index in [0.29, 0.717) is 6.04 Å². The number of rotatable bonds is 3. The minimum atomic E-state index is -0.00777. The van der Waals surface area contributed by atoms with Crippen molar-refractivity contribution >= 4 is 0 Å². The normalized spacial score (nSPS) is 28.8. The molecular formula is C17H23N3. The van der Waals surface area contributed by atoms with Crippen molar-refractivity contribution in [2.24, 2.45) is 0 Å². The number of nitrogens with zero attached hydrogens (tertiary/aromatic N) is 3. The van der Waals surface area contributed by atoms with E-state index >= 15 is 0 Å². The number of fused-ring (bicyclic) bond motifs is 1. The first-order valence-electron chi connectivity index (χ1n) is 7.70. The predicted molar refractivity (Wildman–Crippen MR) is 80.4 cm³/mol. The maximum atomic E-state index is 9.50. The van der Waals surface area contributed by atoms with E-state index in [1.54, 1.807) is 0 Å². The Morgan fingerprint density at radius 2 is 2.10 bits per heavy atom. The standard InChI is InChI=1S/C17H23N3/c1-14-11-19-9-5-8-17(19)13-20(14)12-16(10-18)15-6-3-2-4-7-15/h2-4,6-7,14,16-17H,5,8-9,11-13H2,1H3. The number of hydrogen-bond acceptors (Lipinski definition) is 3. The van der Waals surface area contributed by atoms with E-state index in [9.17, 15) is 5.26 Å². The highest BCUT2D eigenvalue weighted by Crippen LogP contribution is 2.26. The maximum absolute atomic E-state index is 9.50. The molecule has 0 aromatic heterocycles. The molecular weight excluding hydrogens is 246 g/mol. The number of nitriles is 1. The van der Waals surface area contributed by atoms with Gasteiger partial charge in [-0.1, -0.05) is 30.3 Å². The Bertz CT molecular complexity index is 479. The van der Waals surface area contributed by atoms with Crippen molar-refractivity contribution in [1.29, 1.82) is 5.26 Å². The monoisotopic (exact) mass is 269 g/mol. The minimum Gasteiger partial charge on any atom is -0.298 e. The Balaban J connectivity index is 1.68. The van der Waals surface area contributed by atoms with Gasteiger partial charge >= 0.3 is 0 Å². The molecule has 2 saturated heterocycles. The van der Waals surface area contributed by atoms with Crippen molar-refractivity contribution < 1.29 is 0 Å². The number of piperazine rings is 1. The van der Waals surface area contributed by atoms with Crippen LogP contribution in [0.1, 0.15) is 31.2 Å². The molecule has 0 bridgehead atoms. The van der Waals surface area contributed by atoms with Gasteiger partial charge in [0.2, 0.25) is 0 Å². The Hall–Kier alpha value is -1.37. The Morgan fingerprint density at radius 1 is 1.30 bits per heavy atom. The second kappa shape index (κ2) is 5.95. The van der Waals surface area contributed by atoms with Crippen LogP contribution in [0.15, 0.2) is 30.3 Å². The number of hydrogen-bond donors (Lipinski definition) is 0. The summed E-state index contributed by atoms with van der Waals surface area (Å²) >= 11 is 0. The Morgan fingerprint density at radius 3 is 2.85 bits per heavy atom. The molecule has 0 N–H and O–H groups in total. The van der Waals surface area contributed by atoms with Gasteiger partial charge in [0.05, 0.1) is 12.0 Å². The molecule has 20 heavy (non-hydrogen) atoms. The SMILES string of the molecule is CC1CN2CCCC2CN1CC(C#N)c1ccccc1. The summed E-state index contributed by atoms with van der Waals surface area (Å²) in [5, 5.41) is 9.50. The molecule has 3 rings (SSSR count). The fourth-order valence-corrected chi connectivity index (χ4v) is 3.64. The van der Waals surface area contributed by atoms with Crippen LogP contribution in [0, 0.1) is 11.3 Å². The van der Waals surface area contributed by atoms with Gasteiger partial charge in [-0.2, -0.15) is 5.26 Å². The average Bonchev–Trinajstić information content (AvgIpc) is 2.92. The summed E-state index contributed by atoms with van der Waals surface area (Å²) in [6.07, 6.45) is 2.66. The van der Waals surface area contributed by atoms with Crippen molar-refractivity contribution in [3.8, 4) is 6.07 Å². The van der Waals surface area contributed by atoms with Crippen LogP contribution in [-0.2, 0) is 0 Å². The van der Waals surface area contributed by atoms with E-state index in [4.69, 9.17) is 0 Å². The molecule has 2 aliphatic heterocycles. The lowest BCUT2D eigenvalue weighted by molar-refractivity contribution is 0.0582. The fraction of sp³-hybridized carbons (Fsp3) is 0.588. The smallest absolute Gasteiger partial charge is 0.0839 e. The molecule has 3 atom stereocenters. The zero-order chi connectivity index (χ0) is 13.9. The van der Waals surface area contributed by atoms with Crippen LogP contribution in [0.25, 0.3) is 0 Å². The molecule has 0 saturated carbocycles. The fourth-order valence-electron chi connectivity index (χ4n) is 3.64. The van der Waals surface area contributed by atoms with E-state index < -0.39 is 0 Å². The molecule has 0 aliphatic carbocycles. The third kappa shape index (κ3) is 2.72. The number of benzene rings is 1. The quantitative estimate of drug-likeness (QED) is 0.844.